The van der Waals surface area contributed by atoms with Gasteiger partial charge in [-0.2, -0.15) is 0 Å². The van der Waals surface area contributed by atoms with Crippen LogP contribution in [0.3, 0.4) is 0 Å². The third-order valence-corrected chi connectivity index (χ3v) is 14.4. The fourth-order valence-corrected chi connectivity index (χ4v) is 9.37. The number of ether oxygens (including phenoxy) is 1. The summed E-state index contributed by atoms with van der Waals surface area (Å²) in [5.41, 5.74) is 0. The minimum Gasteiger partial charge on any atom is -0.456 e. The highest BCUT2D eigenvalue weighted by Crippen LogP contribution is 2.43. The molecular weight excluding hydrogens is 940 g/mol. The highest BCUT2D eigenvalue weighted by Gasteiger charge is 2.30. The average molecular weight is 1060 g/mol. The first kappa shape index (κ1) is 71.5. The number of unbranched alkanes of at least 4 members (excludes halogenated alkanes) is 29. The van der Waals surface area contributed by atoms with Crippen molar-refractivity contribution in [1.29, 1.82) is 0 Å². The van der Waals surface area contributed by atoms with Gasteiger partial charge >= 0.3 is 13.8 Å². The molecular formula is C64H118N2O7P+. The zero-order valence-electron chi connectivity index (χ0n) is 49.1. The Morgan fingerprint density at radius 1 is 0.486 bits per heavy atom. The van der Waals surface area contributed by atoms with Gasteiger partial charge in [0.2, 0.25) is 5.91 Å². The van der Waals surface area contributed by atoms with Gasteiger partial charge in [-0.1, -0.05) is 235 Å². The van der Waals surface area contributed by atoms with E-state index in [1.165, 1.54) is 148 Å². The van der Waals surface area contributed by atoms with Crippen LogP contribution in [0, 0.1) is 0 Å². The number of rotatable bonds is 55. The van der Waals surface area contributed by atoms with Gasteiger partial charge in [-0.3, -0.25) is 18.6 Å². The minimum atomic E-state index is -4.46. The smallest absolute Gasteiger partial charge is 0.456 e. The normalized spacial score (nSPS) is 14.2. The highest BCUT2D eigenvalue weighted by atomic mass is 31.2. The zero-order chi connectivity index (χ0) is 54.3. The van der Waals surface area contributed by atoms with Gasteiger partial charge in [0, 0.05) is 12.8 Å². The average Bonchev–Trinajstić information content (AvgIpc) is 3.36. The first-order chi connectivity index (χ1) is 35.9. The molecule has 0 saturated heterocycles. The van der Waals surface area contributed by atoms with Crippen LogP contribution >= 0.6 is 7.82 Å². The van der Waals surface area contributed by atoms with Crippen LogP contribution in [-0.4, -0.2) is 74.3 Å². The lowest BCUT2D eigenvalue weighted by Gasteiger charge is -2.27. The fourth-order valence-electron chi connectivity index (χ4n) is 8.63. The second-order valence-corrected chi connectivity index (χ2v) is 23.3. The lowest BCUT2D eigenvalue weighted by atomic mass is 10.0. The van der Waals surface area contributed by atoms with Gasteiger partial charge in [0.1, 0.15) is 19.3 Å². The van der Waals surface area contributed by atoms with Crippen molar-refractivity contribution in [1.82, 2.24) is 5.32 Å². The fraction of sp³-hybridized carbons (Fsp3) is 0.781. The van der Waals surface area contributed by atoms with Crippen molar-refractivity contribution in [3.05, 3.63) is 72.9 Å². The molecule has 9 nitrogen and oxygen atoms in total. The second-order valence-electron chi connectivity index (χ2n) is 21.8. The van der Waals surface area contributed by atoms with Gasteiger partial charge in [-0.25, -0.2) is 4.57 Å². The Kier molecular flexibility index (Phi) is 52.0. The molecule has 3 atom stereocenters. The van der Waals surface area contributed by atoms with Crippen molar-refractivity contribution >= 4 is 19.7 Å². The van der Waals surface area contributed by atoms with E-state index in [0.29, 0.717) is 23.9 Å². The standard InChI is InChI=1S/C64H117N2O7P/c1-7-10-13-16-19-22-25-27-29-31-32-33-34-35-37-39-42-45-48-51-54-57-64(68)73-62(55-52-49-46-43-40-24-21-18-15-12-9-3)61(60-72-74(69,70)71-59-58-66(4,5)6)65-63(67)56-53-50-47-44-41-38-36-30-28-26-23-20-17-14-11-8-2/h11,14,20,23,27-30,38,41,52,55,61-62H,7-10,12-13,15-19,21-22,24-26,31-37,39-40,42-51,53-54,56-60H2,1-6H3,(H-,65,67,69,70)/p+1/b14-11+,23-20+,29-27+,30-28+,41-38+,55-52+. The lowest BCUT2D eigenvalue weighted by molar-refractivity contribution is -0.870. The van der Waals surface area contributed by atoms with Crippen molar-refractivity contribution < 1.29 is 37.3 Å². The molecule has 0 spiro atoms. The third-order valence-electron chi connectivity index (χ3n) is 13.4. The van der Waals surface area contributed by atoms with Gasteiger partial charge in [0.25, 0.3) is 0 Å². The number of amides is 1. The van der Waals surface area contributed by atoms with Crippen molar-refractivity contribution in [3.8, 4) is 0 Å². The molecule has 0 aromatic rings. The van der Waals surface area contributed by atoms with Crippen LogP contribution < -0.4 is 5.32 Å². The topological polar surface area (TPSA) is 111 Å². The summed E-state index contributed by atoms with van der Waals surface area (Å²) in [7, 11) is 1.47. The monoisotopic (exact) mass is 1060 g/mol. The summed E-state index contributed by atoms with van der Waals surface area (Å²) >= 11 is 0. The Morgan fingerprint density at radius 3 is 1.32 bits per heavy atom. The van der Waals surface area contributed by atoms with E-state index in [1.54, 1.807) is 0 Å². The van der Waals surface area contributed by atoms with E-state index in [-0.39, 0.29) is 31.5 Å². The Bertz CT molecular complexity index is 1500. The van der Waals surface area contributed by atoms with Crippen molar-refractivity contribution in [3.63, 3.8) is 0 Å². The predicted molar refractivity (Wildman–Crippen MR) is 318 cm³/mol. The maximum Gasteiger partial charge on any atom is 0.472 e. The molecule has 3 unspecified atom stereocenters. The highest BCUT2D eigenvalue weighted by molar-refractivity contribution is 7.47. The SMILES string of the molecule is CC/C=C/C/C=C/C/C=C/C/C=C/CCCCCC(=O)NC(COP(=O)(O)OCC[N+](C)(C)C)C(/C=C/CCCCCCCCCCC)OC(=O)CCCCCCCCCCCCC/C=C/CCCCCCCC. The number of nitrogens with zero attached hydrogens (tertiary/aromatic N) is 1. The van der Waals surface area contributed by atoms with Gasteiger partial charge in [0.05, 0.1) is 33.8 Å². The number of esters is 1. The number of hydrogen-bond donors (Lipinski definition) is 2. The number of quaternary nitrogens is 1. The van der Waals surface area contributed by atoms with Gasteiger partial charge in [0.15, 0.2) is 0 Å². The minimum absolute atomic E-state index is 0.0317. The molecule has 1 amide bonds. The summed E-state index contributed by atoms with van der Waals surface area (Å²) in [6, 6.07) is -0.866. The molecule has 10 heteroatoms. The molecule has 74 heavy (non-hydrogen) atoms. The molecule has 0 aliphatic heterocycles. The molecule has 2 N–H and O–H groups in total. The van der Waals surface area contributed by atoms with Crippen LogP contribution in [0.2, 0.25) is 0 Å². The molecule has 0 aliphatic rings. The number of phosphoric acid groups is 1. The van der Waals surface area contributed by atoms with Crippen molar-refractivity contribution in [2.45, 2.75) is 283 Å². The van der Waals surface area contributed by atoms with Gasteiger partial charge < -0.3 is 19.4 Å². The summed E-state index contributed by atoms with van der Waals surface area (Å²) in [5, 5.41) is 3.03. The third kappa shape index (κ3) is 54.2. The molecule has 0 aromatic carbocycles. The van der Waals surface area contributed by atoms with E-state index in [0.717, 1.165) is 83.5 Å². The molecule has 0 heterocycles. The largest absolute Gasteiger partial charge is 0.472 e. The lowest BCUT2D eigenvalue weighted by Crippen LogP contribution is -2.47. The summed E-state index contributed by atoms with van der Waals surface area (Å²) < 4.78 is 30.6. The molecule has 0 aliphatic carbocycles. The molecule has 0 bridgehead atoms. The molecule has 0 saturated carbocycles. The van der Waals surface area contributed by atoms with E-state index < -0.39 is 20.0 Å². The van der Waals surface area contributed by atoms with Gasteiger partial charge in [-0.05, 0) is 96.0 Å². The first-order valence-electron chi connectivity index (χ1n) is 30.8. The van der Waals surface area contributed by atoms with Crippen LogP contribution in [0.25, 0.3) is 0 Å². The Labute approximate surface area is 457 Å². The number of carbonyl (C=O) groups is 2. The van der Waals surface area contributed by atoms with Crippen LogP contribution in [0.5, 0.6) is 0 Å². The number of hydrogen-bond acceptors (Lipinski definition) is 6. The Morgan fingerprint density at radius 2 is 0.865 bits per heavy atom. The maximum atomic E-state index is 13.5. The van der Waals surface area contributed by atoms with Gasteiger partial charge in [-0.15, -0.1) is 0 Å². The van der Waals surface area contributed by atoms with Crippen molar-refractivity contribution in [2.75, 3.05) is 40.9 Å². The molecule has 0 fully saturated rings. The summed E-state index contributed by atoms with van der Waals surface area (Å²) in [6.07, 6.45) is 69.1. The molecule has 0 rings (SSSR count). The predicted octanol–water partition coefficient (Wildman–Crippen LogP) is 18.8. The van der Waals surface area contributed by atoms with E-state index in [1.807, 2.05) is 33.3 Å². The number of allylic oxidation sites excluding steroid dienone is 11. The van der Waals surface area contributed by atoms with E-state index in [4.69, 9.17) is 13.8 Å². The van der Waals surface area contributed by atoms with Crippen LogP contribution in [-0.2, 0) is 27.9 Å². The molecule has 0 aromatic heterocycles. The molecule has 430 valence electrons. The number of carbonyl (C=O) groups excluding carboxylic acids is 2. The molecule has 0 radical (unpaired) electrons. The summed E-state index contributed by atoms with van der Waals surface area (Å²) in [5.74, 6) is -0.541. The first-order valence-corrected chi connectivity index (χ1v) is 32.3. The number of nitrogens with one attached hydrogen (secondary N) is 1. The quantitative estimate of drug-likeness (QED) is 0.0205. The zero-order valence-corrected chi connectivity index (χ0v) is 50.0. The maximum absolute atomic E-state index is 13.5. The summed E-state index contributed by atoms with van der Waals surface area (Å²) in [4.78, 5) is 37.6. The van der Waals surface area contributed by atoms with Crippen LogP contribution in [0.4, 0.5) is 0 Å². The van der Waals surface area contributed by atoms with Crippen molar-refractivity contribution in [2.24, 2.45) is 0 Å². The van der Waals surface area contributed by atoms with Crippen LogP contribution in [0.1, 0.15) is 271 Å². The van der Waals surface area contributed by atoms with E-state index in [2.05, 4.69) is 86.8 Å². The Balaban J connectivity index is 5.24. The summed E-state index contributed by atoms with van der Waals surface area (Å²) in [6.45, 7) is 6.87. The van der Waals surface area contributed by atoms with E-state index >= 15 is 0 Å². The number of phosphoric ester groups is 1. The number of likely N-dealkylation sites (N-methyl/N-ethyl adjacent to an activating group) is 1. The Hall–Kier alpha value is -2.55. The second kappa shape index (κ2) is 53.8. The van der Waals surface area contributed by atoms with Crippen LogP contribution in [0.15, 0.2) is 72.9 Å². The van der Waals surface area contributed by atoms with E-state index in [9.17, 15) is 19.0 Å².